The molecule has 0 aliphatic rings. The lowest BCUT2D eigenvalue weighted by Crippen LogP contribution is -2.38. The third kappa shape index (κ3) is 4.88. The lowest BCUT2D eigenvalue weighted by Gasteiger charge is -2.33. The summed E-state index contributed by atoms with van der Waals surface area (Å²) in [5.41, 5.74) is 0.774. The average Bonchev–Trinajstić information content (AvgIpc) is 2.44. The Kier molecular flexibility index (Phi) is 7.17. The van der Waals surface area contributed by atoms with Gasteiger partial charge in [-0.3, -0.25) is 4.90 Å². The fourth-order valence-corrected chi connectivity index (χ4v) is 2.57. The molecule has 114 valence electrons. The Morgan fingerprint density at radius 2 is 1.85 bits per heavy atom. The molecule has 3 heteroatoms. The summed E-state index contributed by atoms with van der Waals surface area (Å²) < 4.78 is 13.9. The smallest absolute Gasteiger partial charge is 0.127 e. The van der Waals surface area contributed by atoms with E-state index in [1.165, 1.54) is 6.07 Å². The molecule has 0 heterocycles. The van der Waals surface area contributed by atoms with Crippen molar-refractivity contribution < 1.29 is 4.39 Å². The van der Waals surface area contributed by atoms with Crippen molar-refractivity contribution in [2.75, 3.05) is 13.6 Å². The molecule has 1 aromatic carbocycles. The van der Waals surface area contributed by atoms with Crippen LogP contribution in [0.3, 0.4) is 0 Å². The van der Waals surface area contributed by atoms with E-state index in [0.29, 0.717) is 12.1 Å². The van der Waals surface area contributed by atoms with Crippen molar-refractivity contribution in [1.82, 2.24) is 10.2 Å². The van der Waals surface area contributed by atoms with E-state index >= 15 is 0 Å². The SMILES string of the molecule is CCCNC(C)CC(C)N(C)C(C)c1ccccc1F. The van der Waals surface area contributed by atoms with Gasteiger partial charge in [-0.25, -0.2) is 4.39 Å². The van der Waals surface area contributed by atoms with Gasteiger partial charge in [0.1, 0.15) is 5.82 Å². The largest absolute Gasteiger partial charge is 0.314 e. The minimum absolute atomic E-state index is 0.0876. The fourth-order valence-electron chi connectivity index (χ4n) is 2.57. The van der Waals surface area contributed by atoms with Crippen LogP contribution in [-0.4, -0.2) is 30.6 Å². The van der Waals surface area contributed by atoms with Gasteiger partial charge in [0.25, 0.3) is 0 Å². The summed E-state index contributed by atoms with van der Waals surface area (Å²) in [6, 6.07) is 8.04. The molecule has 0 spiro atoms. The van der Waals surface area contributed by atoms with Crippen molar-refractivity contribution >= 4 is 0 Å². The standard InChI is InChI=1S/C17H29FN2/c1-6-11-19-13(2)12-14(3)20(5)15(4)16-9-7-8-10-17(16)18/h7-10,13-15,19H,6,11-12H2,1-5H3. The maximum absolute atomic E-state index is 13.9. The summed E-state index contributed by atoms with van der Waals surface area (Å²) in [7, 11) is 2.08. The van der Waals surface area contributed by atoms with Gasteiger partial charge in [0.05, 0.1) is 0 Å². The third-order valence-electron chi connectivity index (χ3n) is 4.10. The zero-order valence-corrected chi connectivity index (χ0v) is 13.5. The number of hydrogen-bond acceptors (Lipinski definition) is 2. The van der Waals surface area contributed by atoms with Gasteiger partial charge in [0.2, 0.25) is 0 Å². The molecule has 0 aromatic heterocycles. The third-order valence-corrected chi connectivity index (χ3v) is 4.10. The van der Waals surface area contributed by atoms with Crippen LogP contribution >= 0.6 is 0 Å². The Morgan fingerprint density at radius 3 is 2.45 bits per heavy atom. The van der Waals surface area contributed by atoms with Gasteiger partial charge >= 0.3 is 0 Å². The summed E-state index contributed by atoms with van der Waals surface area (Å²) in [5.74, 6) is -0.115. The van der Waals surface area contributed by atoms with E-state index in [1.807, 2.05) is 12.1 Å². The molecule has 0 aliphatic heterocycles. The second-order valence-corrected chi connectivity index (χ2v) is 5.80. The van der Waals surface area contributed by atoms with Crippen LogP contribution in [0.2, 0.25) is 0 Å². The van der Waals surface area contributed by atoms with Gasteiger partial charge in [0.15, 0.2) is 0 Å². The number of benzene rings is 1. The zero-order chi connectivity index (χ0) is 15.1. The normalized spacial score (nSPS) is 16.1. The molecular weight excluding hydrogens is 251 g/mol. The minimum Gasteiger partial charge on any atom is -0.314 e. The fraction of sp³-hybridized carbons (Fsp3) is 0.647. The Balaban J connectivity index is 2.60. The Bertz CT molecular complexity index is 394. The minimum atomic E-state index is -0.115. The van der Waals surface area contributed by atoms with E-state index < -0.39 is 0 Å². The van der Waals surface area contributed by atoms with Crippen molar-refractivity contribution in [2.24, 2.45) is 0 Å². The first-order valence-corrected chi connectivity index (χ1v) is 7.67. The molecule has 0 saturated heterocycles. The van der Waals surface area contributed by atoms with Crippen molar-refractivity contribution in [3.05, 3.63) is 35.6 Å². The average molecular weight is 280 g/mol. The highest BCUT2D eigenvalue weighted by molar-refractivity contribution is 5.20. The van der Waals surface area contributed by atoms with Crippen LogP contribution in [0.15, 0.2) is 24.3 Å². The maximum atomic E-state index is 13.9. The Labute approximate surface area is 123 Å². The molecule has 1 aromatic rings. The van der Waals surface area contributed by atoms with Gasteiger partial charge < -0.3 is 5.32 Å². The van der Waals surface area contributed by atoms with Crippen LogP contribution in [0.25, 0.3) is 0 Å². The van der Waals surface area contributed by atoms with Crippen LogP contribution < -0.4 is 5.32 Å². The zero-order valence-electron chi connectivity index (χ0n) is 13.5. The lowest BCUT2D eigenvalue weighted by atomic mass is 10.0. The molecule has 1 N–H and O–H groups in total. The summed E-state index contributed by atoms with van der Waals surface area (Å²) in [6.07, 6.45) is 2.22. The predicted octanol–water partition coefficient (Wildman–Crippen LogP) is 3.99. The van der Waals surface area contributed by atoms with E-state index in [-0.39, 0.29) is 11.9 Å². The van der Waals surface area contributed by atoms with Crippen molar-refractivity contribution in [3.8, 4) is 0 Å². The summed E-state index contributed by atoms with van der Waals surface area (Å²) in [5, 5.41) is 3.51. The second-order valence-electron chi connectivity index (χ2n) is 5.80. The number of nitrogens with zero attached hydrogens (tertiary/aromatic N) is 1. The van der Waals surface area contributed by atoms with Crippen molar-refractivity contribution in [1.29, 1.82) is 0 Å². The van der Waals surface area contributed by atoms with Crippen molar-refractivity contribution in [2.45, 2.75) is 58.7 Å². The van der Waals surface area contributed by atoms with E-state index in [9.17, 15) is 4.39 Å². The molecule has 0 fully saturated rings. The van der Waals surface area contributed by atoms with E-state index in [2.05, 4.69) is 45.0 Å². The Hall–Kier alpha value is -0.930. The highest BCUT2D eigenvalue weighted by Crippen LogP contribution is 2.24. The van der Waals surface area contributed by atoms with Crippen LogP contribution in [-0.2, 0) is 0 Å². The van der Waals surface area contributed by atoms with Gasteiger partial charge in [-0.1, -0.05) is 25.1 Å². The number of halogens is 1. The molecule has 3 atom stereocenters. The van der Waals surface area contributed by atoms with Crippen LogP contribution in [0.1, 0.15) is 52.1 Å². The summed E-state index contributed by atoms with van der Waals surface area (Å²) in [4.78, 5) is 2.25. The second kappa shape index (κ2) is 8.38. The van der Waals surface area contributed by atoms with Gasteiger partial charge in [0, 0.05) is 23.7 Å². The first-order chi connectivity index (χ1) is 9.47. The molecule has 3 unspecified atom stereocenters. The highest BCUT2D eigenvalue weighted by Gasteiger charge is 2.21. The van der Waals surface area contributed by atoms with Gasteiger partial charge in [-0.05, 0) is 53.3 Å². The Morgan fingerprint density at radius 1 is 1.20 bits per heavy atom. The van der Waals surface area contributed by atoms with Gasteiger partial charge in [-0.2, -0.15) is 0 Å². The molecule has 20 heavy (non-hydrogen) atoms. The monoisotopic (exact) mass is 280 g/mol. The van der Waals surface area contributed by atoms with Crippen LogP contribution in [0.4, 0.5) is 4.39 Å². The molecule has 0 bridgehead atoms. The molecular formula is C17H29FN2. The molecule has 2 nitrogen and oxygen atoms in total. The maximum Gasteiger partial charge on any atom is 0.127 e. The quantitative estimate of drug-likeness (QED) is 0.774. The number of hydrogen-bond donors (Lipinski definition) is 1. The van der Waals surface area contributed by atoms with Crippen LogP contribution in [0, 0.1) is 5.82 Å². The van der Waals surface area contributed by atoms with E-state index in [1.54, 1.807) is 6.07 Å². The first kappa shape index (κ1) is 17.1. The van der Waals surface area contributed by atoms with E-state index in [4.69, 9.17) is 0 Å². The molecule has 1 rings (SSSR count). The molecule has 0 saturated carbocycles. The number of nitrogens with one attached hydrogen (secondary N) is 1. The summed E-state index contributed by atoms with van der Waals surface area (Å²) >= 11 is 0. The lowest BCUT2D eigenvalue weighted by molar-refractivity contribution is 0.175. The molecule has 0 amide bonds. The molecule has 0 aliphatic carbocycles. The first-order valence-electron chi connectivity index (χ1n) is 7.67. The number of rotatable bonds is 8. The summed E-state index contributed by atoms with van der Waals surface area (Å²) in [6.45, 7) is 9.73. The highest BCUT2D eigenvalue weighted by atomic mass is 19.1. The van der Waals surface area contributed by atoms with Crippen molar-refractivity contribution in [3.63, 3.8) is 0 Å². The van der Waals surface area contributed by atoms with Crippen LogP contribution in [0.5, 0.6) is 0 Å². The topological polar surface area (TPSA) is 15.3 Å². The predicted molar refractivity (Wildman–Crippen MR) is 84.4 cm³/mol. The van der Waals surface area contributed by atoms with E-state index in [0.717, 1.165) is 24.9 Å². The van der Waals surface area contributed by atoms with Gasteiger partial charge in [-0.15, -0.1) is 0 Å². The molecule has 0 radical (unpaired) electrons.